The number of aryl methyl sites for hydroxylation is 2. The van der Waals surface area contributed by atoms with Gasteiger partial charge in [-0.15, -0.1) is 0 Å². The zero-order chi connectivity index (χ0) is 22.3. The van der Waals surface area contributed by atoms with Gasteiger partial charge in [-0.25, -0.2) is 8.42 Å². The van der Waals surface area contributed by atoms with E-state index >= 15 is 0 Å². The first-order valence-electron chi connectivity index (χ1n) is 9.70. The Morgan fingerprint density at radius 3 is 2.50 bits per heavy atom. The molecule has 2 aromatic carbocycles. The van der Waals surface area contributed by atoms with E-state index in [0.29, 0.717) is 13.0 Å². The van der Waals surface area contributed by atoms with Crippen LogP contribution >= 0.6 is 0 Å². The first-order chi connectivity index (χ1) is 14.1. The minimum absolute atomic E-state index is 0.0912. The van der Waals surface area contributed by atoms with Crippen molar-refractivity contribution in [2.75, 3.05) is 17.1 Å². The molecule has 0 aliphatic carbocycles. The molecule has 0 spiro atoms. The second-order valence-corrected chi connectivity index (χ2v) is 9.00. The molecule has 2 aromatic rings. The summed E-state index contributed by atoms with van der Waals surface area (Å²) in [7, 11) is -3.85. The summed E-state index contributed by atoms with van der Waals surface area (Å²) >= 11 is 0. The predicted molar refractivity (Wildman–Crippen MR) is 117 cm³/mol. The van der Waals surface area contributed by atoms with Crippen LogP contribution in [0.3, 0.4) is 0 Å². The van der Waals surface area contributed by atoms with Crippen molar-refractivity contribution in [3.8, 4) is 0 Å². The molecule has 0 fully saturated rings. The topological polar surface area (TPSA) is 110 Å². The summed E-state index contributed by atoms with van der Waals surface area (Å²) in [6, 6.07) is 12.4. The van der Waals surface area contributed by atoms with E-state index in [1.165, 1.54) is 29.3 Å². The average Bonchev–Trinajstić information content (AvgIpc) is 2.68. The highest BCUT2D eigenvalue weighted by Gasteiger charge is 2.32. The molecule has 30 heavy (non-hydrogen) atoms. The second-order valence-electron chi connectivity index (χ2n) is 7.14. The highest BCUT2D eigenvalue weighted by atomic mass is 32.2. The van der Waals surface area contributed by atoms with Crippen LogP contribution in [0.15, 0.2) is 48.5 Å². The van der Waals surface area contributed by atoms with Crippen LogP contribution in [0.2, 0.25) is 0 Å². The standard InChI is InChI=1S/C21H27N3O5S/c1-4-20(21(25)22-13-7-10-17-9-5-8-16(2)14-17)23(30(3,28)29)18-11-6-12-19(15-18)24(26)27/h5-6,8-9,11-12,14-15,20H,4,7,10,13H2,1-3H3,(H,22,25)/t20-/m1/s1. The molecule has 0 unspecified atom stereocenters. The number of nitro benzene ring substituents is 1. The maximum Gasteiger partial charge on any atom is 0.271 e. The lowest BCUT2D eigenvalue weighted by Gasteiger charge is -2.30. The van der Waals surface area contributed by atoms with Gasteiger partial charge in [0.05, 0.1) is 16.9 Å². The first-order valence-corrected chi connectivity index (χ1v) is 11.6. The molecule has 0 heterocycles. The van der Waals surface area contributed by atoms with E-state index in [4.69, 9.17) is 0 Å². The molecule has 0 aliphatic rings. The maximum atomic E-state index is 12.8. The zero-order valence-electron chi connectivity index (χ0n) is 17.4. The van der Waals surface area contributed by atoms with Crippen molar-refractivity contribution in [1.82, 2.24) is 5.32 Å². The van der Waals surface area contributed by atoms with Crippen LogP contribution in [0.5, 0.6) is 0 Å². The Morgan fingerprint density at radius 1 is 1.20 bits per heavy atom. The molecular formula is C21H27N3O5S. The van der Waals surface area contributed by atoms with Crippen molar-refractivity contribution in [2.45, 2.75) is 39.2 Å². The summed E-state index contributed by atoms with van der Waals surface area (Å²) in [5, 5.41) is 13.9. The first kappa shape index (κ1) is 23.3. The Balaban J connectivity index is 2.12. The normalized spacial score (nSPS) is 12.2. The largest absolute Gasteiger partial charge is 0.354 e. The van der Waals surface area contributed by atoms with Gasteiger partial charge in [-0.05, 0) is 37.8 Å². The lowest BCUT2D eigenvalue weighted by atomic mass is 10.1. The van der Waals surface area contributed by atoms with Gasteiger partial charge >= 0.3 is 0 Å². The highest BCUT2D eigenvalue weighted by Crippen LogP contribution is 2.26. The number of nitrogens with one attached hydrogen (secondary N) is 1. The van der Waals surface area contributed by atoms with Gasteiger partial charge in [-0.3, -0.25) is 19.2 Å². The minimum atomic E-state index is -3.85. The van der Waals surface area contributed by atoms with Gasteiger partial charge in [0.25, 0.3) is 5.69 Å². The number of carbonyl (C=O) groups is 1. The van der Waals surface area contributed by atoms with Crippen molar-refractivity contribution in [3.05, 3.63) is 69.8 Å². The predicted octanol–water partition coefficient (Wildman–Crippen LogP) is 3.20. The van der Waals surface area contributed by atoms with E-state index in [2.05, 4.69) is 11.4 Å². The van der Waals surface area contributed by atoms with Crippen molar-refractivity contribution in [2.24, 2.45) is 0 Å². The lowest BCUT2D eigenvalue weighted by molar-refractivity contribution is -0.384. The lowest BCUT2D eigenvalue weighted by Crippen LogP contribution is -2.49. The Kier molecular flexibility index (Phi) is 7.93. The van der Waals surface area contributed by atoms with E-state index in [9.17, 15) is 23.3 Å². The van der Waals surface area contributed by atoms with Gasteiger partial charge < -0.3 is 5.32 Å². The summed E-state index contributed by atoms with van der Waals surface area (Å²) in [4.78, 5) is 23.2. The summed E-state index contributed by atoms with van der Waals surface area (Å²) in [5.74, 6) is -0.432. The molecule has 0 saturated heterocycles. The van der Waals surface area contributed by atoms with Gasteiger partial charge in [0.15, 0.2) is 0 Å². The number of nitro groups is 1. The van der Waals surface area contributed by atoms with Gasteiger partial charge in [-0.2, -0.15) is 0 Å². The maximum absolute atomic E-state index is 12.8. The molecule has 0 aromatic heterocycles. The highest BCUT2D eigenvalue weighted by molar-refractivity contribution is 7.92. The number of amides is 1. The van der Waals surface area contributed by atoms with Crippen molar-refractivity contribution >= 4 is 27.3 Å². The third kappa shape index (κ3) is 6.28. The number of hydrogen-bond donors (Lipinski definition) is 1. The minimum Gasteiger partial charge on any atom is -0.354 e. The SMILES string of the molecule is CC[C@H](C(=O)NCCCc1cccc(C)c1)N(c1cccc([N+](=O)[O-])c1)S(C)(=O)=O. The van der Waals surface area contributed by atoms with E-state index in [1.54, 1.807) is 6.92 Å². The Bertz CT molecular complexity index is 1010. The fourth-order valence-electron chi connectivity index (χ4n) is 3.29. The third-order valence-electron chi connectivity index (χ3n) is 4.65. The van der Waals surface area contributed by atoms with E-state index < -0.39 is 26.9 Å². The van der Waals surface area contributed by atoms with Crippen LogP contribution in [0.1, 0.15) is 30.9 Å². The second kappa shape index (κ2) is 10.2. The van der Waals surface area contributed by atoms with Gasteiger partial charge in [0, 0.05) is 18.7 Å². The fraction of sp³-hybridized carbons (Fsp3) is 0.381. The number of anilines is 1. The van der Waals surface area contributed by atoms with Gasteiger partial charge in [-0.1, -0.05) is 42.8 Å². The molecule has 9 heteroatoms. The average molecular weight is 434 g/mol. The van der Waals surface area contributed by atoms with E-state index in [1.807, 2.05) is 25.1 Å². The molecule has 0 bridgehead atoms. The molecule has 1 amide bonds. The Morgan fingerprint density at radius 2 is 1.90 bits per heavy atom. The molecule has 0 saturated carbocycles. The third-order valence-corrected chi connectivity index (χ3v) is 5.83. The molecular weight excluding hydrogens is 406 g/mol. The fourth-order valence-corrected chi connectivity index (χ4v) is 4.50. The summed E-state index contributed by atoms with van der Waals surface area (Å²) < 4.78 is 25.8. The van der Waals surface area contributed by atoms with E-state index in [0.717, 1.165) is 23.0 Å². The van der Waals surface area contributed by atoms with Crippen LogP contribution in [-0.2, 0) is 21.2 Å². The van der Waals surface area contributed by atoms with Crippen LogP contribution < -0.4 is 9.62 Å². The monoisotopic (exact) mass is 433 g/mol. The number of non-ortho nitro benzene ring substituents is 1. The van der Waals surface area contributed by atoms with Crippen molar-refractivity contribution in [1.29, 1.82) is 0 Å². The Labute approximate surface area is 177 Å². The molecule has 1 atom stereocenters. The summed E-state index contributed by atoms with van der Waals surface area (Å²) in [6.45, 7) is 4.12. The van der Waals surface area contributed by atoms with Crippen LogP contribution in [0.4, 0.5) is 11.4 Å². The van der Waals surface area contributed by atoms with Crippen LogP contribution in [0, 0.1) is 17.0 Å². The van der Waals surface area contributed by atoms with Crippen LogP contribution in [0.25, 0.3) is 0 Å². The molecule has 162 valence electrons. The molecule has 0 aliphatic heterocycles. The van der Waals surface area contributed by atoms with Crippen molar-refractivity contribution < 1.29 is 18.1 Å². The molecule has 1 N–H and O–H groups in total. The van der Waals surface area contributed by atoms with Crippen molar-refractivity contribution in [3.63, 3.8) is 0 Å². The van der Waals surface area contributed by atoms with Gasteiger partial charge in [0.1, 0.15) is 6.04 Å². The summed E-state index contributed by atoms with van der Waals surface area (Å²) in [5.41, 5.74) is 2.19. The van der Waals surface area contributed by atoms with Crippen LogP contribution in [-0.4, -0.2) is 38.1 Å². The summed E-state index contributed by atoms with van der Waals surface area (Å²) in [6.07, 6.45) is 2.71. The van der Waals surface area contributed by atoms with E-state index in [-0.39, 0.29) is 17.8 Å². The molecule has 8 nitrogen and oxygen atoms in total. The number of carbonyl (C=O) groups excluding carboxylic acids is 1. The number of rotatable bonds is 10. The smallest absolute Gasteiger partial charge is 0.271 e. The number of benzene rings is 2. The number of hydrogen-bond acceptors (Lipinski definition) is 5. The quantitative estimate of drug-likeness (QED) is 0.351. The molecule has 2 rings (SSSR count). The van der Waals surface area contributed by atoms with Gasteiger partial charge in [0.2, 0.25) is 15.9 Å². The number of nitrogens with zero attached hydrogens (tertiary/aromatic N) is 2. The zero-order valence-corrected chi connectivity index (χ0v) is 18.2. The number of sulfonamides is 1. The molecule has 0 radical (unpaired) electrons. The Hall–Kier alpha value is -2.94.